The topological polar surface area (TPSA) is 33.4 Å². The van der Waals surface area contributed by atoms with Gasteiger partial charge in [0.2, 0.25) is 0 Å². The predicted molar refractivity (Wildman–Crippen MR) is 61.8 cm³/mol. The molecule has 0 aliphatic rings. The van der Waals surface area contributed by atoms with Crippen LogP contribution in [0, 0.1) is 12.3 Å². The highest BCUT2D eigenvalue weighted by molar-refractivity contribution is 9.13. The Morgan fingerprint density at radius 2 is 2.29 bits per heavy atom. The Bertz CT molecular complexity index is 319. The third-order valence-corrected chi connectivity index (χ3v) is 3.50. The number of unbranched alkanes of at least 4 members (excludes halogenated alkanes) is 1. The third-order valence-electron chi connectivity index (χ3n) is 1.79. The zero-order valence-electron chi connectivity index (χ0n) is 7.46. The molecule has 1 heterocycles. The zero-order valence-corrected chi connectivity index (χ0v) is 10.6. The number of aliphatic hydroxyl groups excluding tert-OH is 1. The van der Waals surface area contributed by atoms with Gasteiger partial charge in [-0.25, -0.2) is 0 Å². The molecular formula is C10H10Br2O2. The van der Waals surface area contributed by atoms with Crippen molar-refractivity contribution in [3.8, 4) is 12.3 Å². The largest absolute Gasteiger partial charge is 0.450 e. The molecule has 1 unspecified atom stereocenters. The quantitative estimate of drug-likeness (QED) is 0.678. The molecule has 0 spiro atoms. The Kier molecular flexibility index (Phi) is 4.73. The molecule has 0 aromatic carbocycles. The van der Waals surface area contributed by atoms with Crippen molar-refractivity contribution in [3.05, 3.63) is 21.0 Å². The standard InChI is InChI=1S/C10H10Br2O2/c1-2-3-4-5-8(13)9-6-7(11)10(12)14-9/h1,6,8,13H,3-5H2. The summed E-state index contributed by atoms with van der Waals surface area (Å²) in [5.74, 6) is 3.09. The molecule has 1 aromatic rings. The molecule has 76 valence electrons. The fourth-order valence-electron chi connectivity index (χ4n) is 1.07. The van der Waals surface area contributed by atoms with Crippen LogP contribution in [0.5, 0.6) is 0 Å². The van der Waals surface area contributed by atoms with E-state index in [1.165, 1.54) is 0 Å². The van der Waals surface area contributed by atoms with E-state index in [9.17, 15) is 5.11 Å². The van der Waals surface area contributed by atoms with Crippen LogP contribution in [0.2, 0.25) is 0 Å². The molecule has 1 N–H and O–H groups in total. The minimum Gasteiger partial charge on any atom is -0.450 e. The van der Waals surface area contributed by atoms with E-state index in [1.807, 2.05) is 0 Å². The maximum Gasteiger partial charge on any atom is 0.183 e. The molecule has 1 atom stereocenters. The van der Waals surface area contributed by atoms with Gasteiger partial charge in [0.05, 0.1) is 4.47 Å². The van der Waals surface area contributed by atoms with Crippen LogP contribution >= 0.6 is 31.9 Å². The Morgan fingerprint density at radius 3 is 2.79 bits per heavy atom. The first-order valence-corrected chi connectivity index (χ1v) is 5.80. The molecule has 0 radical (unpaired) electrons. The van der Waals surface area contributed by atoms with E-state index >= 15 is 0 Å². The summed E-state index contributed by atoms with van der Waals surface area (Å²) in [6.45, 7) is 0. The lowest BCUT2D eigenvalue weighted by molar-refractivity contribution is 0.137. The maximum absolute atomic E-state index is 9.68. The lowest BCUT2D eigenvalue weighted by atomic mass is 10.1. The van der Waals surface area contributed by atoms with Gasteiger partial charge in [-0.2, -0.15) is 0 Å². The minimum absolute atomic E-state index is 0.556. The predicted octanol–water partition coefficient (Wildman–Crippen LogP) is 3.64. The summed E-state index contributed by atoms with van der Waals surface area (Å²) in [6, 6.07) is 1.75. The van der Waals surface area contributed by atoms with Crippen LogP contribution in [-0.4, -0.2) is 5.11 Å². The number of rotatable bonds is 4. The number of furan rings is 1. The molecule has 0 bridgehead atoms. The van der Waals surface area contributed by atoms with Crippen LogP contribution in [-0.2, 0) is 0 Å². The molecule has 0 amide bonds. The smallest absolute Gasteiger partial charge is 0.183 e. The monoisotopic (exact) mass is 320 g/mol. The second-order valence-corrected chi connectivity index (χ2v) is 4.46. The second-order valence-electron chi connectivity index (χ2n) is 2.88. The first-order chi connectivity index (χ1) is 6.65. The third kappa shape index (κ3) is 3.16. The van der Waals surface area contributed by atoms with Crippen molar-refractivity contribution in [3.63, 3.8) is 0 Å². The molecule has 0 saturated heterocycles. The fraction of sp³-hybridized carbons (Fsp3) is 0.400. The van der Waals surface area contributed by atoms with Gasteiger partial charge < -0.3 is 9.52 Å². The van der Waals surface area contributed by atoms with Gasteiger partial charge in [-0.05, 0) is 50.8 Å². The lowest BCUT2D eigenvalue weighted by Gasteiger charge is -2.04. The van der Waals surface area contributed by atoms with Gasteiger partial charge in [-0.3, -0.25) is 0 Å². The first kappa shape index (κ1) is 11.8. The van der Waals surface area contributed by atoms with Crippen molar-refractivity contribution in [2.75, 3.05) is 0 Å². The van der Waals surface area contributed by atoms with Gasteiger partial charge in [-0.15, -0.1) is 12.3 Å². The van der Waals surface area contributed by atoms with Gasteiger partial charge in [0.15, 0.2) is 4.67 Å². The van der Waals surface area contributed by atoms with Gasteiger partial charge >= 0.3 is 0 Å². The molecule has 14 heavy (non-hydrogen) atoms. The number of terminal acetylenes is 1. The van der Waals surface area contributed by atoms with Gasteiger partial charge in [0.25, 0.3) is 0 Å². The average molecular weight is 322 g/mol. The highest BCUT2D eigenvalue weighted by Crippen LogP contribution is 2.31. The SMILES string of the molecule is C#CCCCC(O)c1cc(Br)c(Br)o1. The van der Waals surface area contributed by atoms with Crippen LogP contribution in [0.1, 0.15) is 31.1 Å². The summed E-state index contributed by atoms with van der Waals surface area (Å²) in [7, 11) is 0. The molecule has 2 nitrogen and oxygen atoms in total. The molecule has 0 fully saturated rings. The minimum atomic E-state index is -0.578. The Hall–Kier alpha value is -0.240. The van der Waals surface area contributed by atoms with Crippen molar-refractivity contribution >= 4 is 31.9 Å². The highest BCUT2D eigenvalue weighted by Gasteiger charge is 2.14. The molecule has 4 heteroatoms. The molecule has 0 aliphatic carbocycles. The first-order valence-electron chi connectivity index (χ1n) is 4.21. The number of halogens is 2. The molecule has 1 rings (SSSR count). The van der Waals surface area contributed by atoms with Crippen molar-refractivity contribution in [1.29, 1.82) is 0 Å². The van der Waals surface area contributed by atoms with Crippen LogP contribution < -0.4 is 0 Å². The van der Waals surface area contributed by atoms with Crippen LogP contribution in [0.3, 0.4) is 0 Å². The lowest BCUT2D eigenvalue weighted by Crippen LogP contribution is -1.94. The summed E-state index contributed by atoms with van der Waals surface area (Å²) in [5, 5.41) is 9.68. The molecule has 0 aliphatic heterocycles. The Labute approximate surface area is 99.9 Å². The summed E-state index contributed by atoms with van der Waals surface area (Å²) < 4.78 is 6.68. The summed E-state index contributed by atoms with van der Waals surface area (Å²) in [4.78, 5) is 0. The van der Waals surface area contributed by atoms with Gasteiger partial charge in [0, 0.05) is 6.42 Å². The van der Waals surface area contributed by atoms with E-state index < -0.39 is 6.10 Å². The summed E-state index contributed by atoms with van der Waals surface area (Å²) in [5.41, 5.74) is 0. The van der Waals surface area contributed by atoms with Crippen molar-refractivity contribution in [2.45, 2.75) is 25.4 Å². The Balaban J connectivity index is 2.52. The van der Waals surface area contributed by atoms with E-state index in [4.69, 9.17) is 10.8 Å². The number of hydrogen-bond donors (Lipinski definition) is 1. The Morgan fingerprint density at radius 1 is 1.57 bits per heavy atom. The van der Waals surface area contributed by atoms with Crippen LogP contribution in [0.15, 0.2) is 19.6 Å². The number of aliphatic hydroxyl groups is 1. The van der Waals surface area contributed by atoms with Crippen molar-refractivity contribution in [2.24, 2.45) is 0 Å². The van der Waals surface area contributed by atoms with Gasteiger partial charge in [0.1, 0.15) is 11.9 Å². The van der Waals surface area contributed by atoms with E-state index in [0.29, 0.717) is 23.3 Å². The zero-order chi connectivity index (χ0) is 10.6. The second kappa shape index (κ2) is 5.59. The molecule has 1 aromatic heterocycles. The molecule has 0 saturated carbocycles. The maximum atomic E-state index is 9.68. The highest BCUT2D eigenvalue weighted by atomic mass is 79.9. The van der Waals surface area contributed by atoms with E-state index in [-0.39, 0.29) is 0 Å². The van der Waals surface area contributed by atoms with E-state index in [2.05, 4.69) is 37.8 Å². The van der Waals surface area contributed by atoms with Crippen LogP contribution in [0.4, 0.5) is 0 Å². The summed E-state index contributed by atoms with van der Waals surface area (Å²) >= 11 is 6.49. The summed E-state index contributed by atoms with van der Waals surface area (Å²) in [6.07, 6.45) is 6.64. The van der Waals surface area contributed by atoms with Crippen LogP contribution in [0.25, 0.3) is 0 Å². The molecular weight excluding hydrogens is 312 g/mol. The normalized spacial score (nSPS) is 12.4. The van der Waals surface area contributed by atoms with Crippen molar-refractivity contribution < 1.29 is 9.52 Å². The van der Waals surface area contributed by atoms with Crippen molar-refractivity contribution in [1.82, 2.24) is 0 Å². The van der Waals surface area contributed by atoms with E-state index in [0.717, 1.165) is 10.9 Å². The number of hydrogen-bond acceptors (Lipinski definition) is 2. The van der Waals surface area contributed by atoms with E-state index in [1.54, 1.807) is 6.07 Å². The fourth-order valence-corrected chi connectivity index (χ4v) is 1.68. The van der Waals surface area contributed by atoms with Gasteiger partial charge in [-0.1, -0.05) is 0 Å². The average Bonchev–Trinajstić information content (AvgIpc) is 2.47.